The van der Waals surface area contributed by atoms with Crippen LogP contribution < -0.4 is 15.1 Å². The lowest BCUT2D eigenvalue weighted by Gasteiger charge is -2.28. The Hall–Kier alpha value is -2.39. The van der Waals surface area contributed by atoms with Crippen LogP contribution in [0.15, 0.2) is 41.1 Å². The normalized spacial score (nSPS) is 20.7. The van der Waals surface area contributed by atoms with E-state index in [0.29, 0.717) is 47.4 Å². The molecule has 1 fully saturated rings. The third-order valence-electron chi connectivity index (χ3n) is 4.26. The molecule has 26 heavy (non-hydrogen) atoms. The van der Waals surface area contributed by atoms with E-state index >= 15 is 0 Å². The van der Waals surface area contributed by atoms with Crippen molar-refractivity contribution in [2.24, 2.45) is 0 Å². The second kappa shape index (κ2) is 7.46. The summed E-state index contributed by atoms with van der Waals surface area (Å²) in [6, 6.07) is 6.68. The van der Waals surface area contributed by atoms with E-state index in [1.807, 2.05) is 17.0 Å². The zero-order valence-electron chi connectivity index (χ0n) is 13.9. The van der Waals surface area contributed by atoms with Crippen LogP contribution in [0.5, 0.6) is 5.88 Å². The number of hydrogen-bond acceptors (Lipinski definition) is 7. The van der Waals surface area contributed by atoms with Crippen molar-refractivity contribution >= 4 is 22.2 Å². The van der Waals surface area contributed by atoms with E-state index in [2.05, 4.69) is 10.6 Å². The molecule has 2 aromatic rings. The van der Waals surface area contributed by atoms with Gasteiger partial charge in [0.25, 0.3) is 5.88 Å². The van der Waals surface area contributed by atoms with Crippen molar-refractivity contribution in [3.05, 3.63) is 48.0 Å². The molecule has 2 aliphatic heterocycles. The number of ether oxygens (including phenoxy) is 1. The van der Waals surface area contributed by atoms with Gasteiger partial charge in [-0.3, -0.25) is 14.5 Å². The lowest BCUT2D eigenvalue weighted by Crippen LogP contribution is -2.38. The molecule has 1 unspecified atom stereocenters. The maximum atomic E-state index is 14.6. The summed E-state index contributed by atoms with van der Waals surface area (Å²) in [7, 11) is -0.787. The summed E-state index contributed by atoms with van der Waals surface area (Å²) in [5, 5.41) is 3.66. The number of hydroxylamine groups is 1. The molecule has 138 valence electrons. The molecule has 1 aromatic carbocycles. The molecule has 0 radical (unpaired) electrons. The maximum absolute atomic E-state index is 14.6. The molecule has 0 aliphatic carbocycles. The molecule has 7 nitrogen and oxygen atoms in total. The molecule has 1 N–H and O–H groups in total. The van der Waals surface area contributed by atoms with E-state index in [1.54, 1.807) is 12.1 Å². The molecule has 9 heteroatoms. The topological polar surface area (TPSA) is 76.8 Å². The van der Waals surface area contributed by atoms with Gasteiger partial charge in [-0.15, -0.1) is 0 Å². The Morgan fingerprint density at radius 2 is 2.19 bits per heavy atom. The van der Waals surface area contributed by atoms with Gasteiger partial charge in [-0.25, -0.2) is 4.39 Å². The van der Waals surface area contributed by atoms with E-state index in [1.165, 1.54) is 12.3 Å². The van der Waals surface area contributed by atoms with Crippen LogP contribution in [0.3, 0.4) is 0 Å². The molecule has 0 spiro atoms. The number of benzene rings is 1. The Bertz CT molecular complexity index is 817. The van der Waals surface area contributed by atoms with Gasteiger partial charge in [0.05, 0.1) is 11.4 Å². The fourth-order valence-corrected chi connectivity index (χ4v) is 3.94. The number of hydrogen-bond donors (Lipinski definition) is 1. The van der Waals surface area contributed by atoms with Gasteiger partial charge < -0.3 is 14.2 Å². The largest absolute Gasteiger partial charge is 0.472 e. The van der Waals surface area contributed by atoms with E-state index in [4.69, 9.17) is 14.1 Å². The zero-order valence-corrected chi connectivity index (χ0v) is 14.7. The first-order chi connectivity index (χ1) is 12.7. The van der Waals surface area contributed by atoms with Gasteiger partial charge in [-0.05, 0) is 23.4 Å². The van der Waals surface area contributed by atoms with Crippen molar-refractivity contribution in [2.75, 3.05) is 36.1 Å². The number of rotatable bonds is 5. The van der Waals surface area contributed by atoms with E-state index in [0.717, 1.165) is 0 Å². The summed E-state index contributed by atoms with van der Waals surface area (Å²) in [6.07, 6.45) is 2.94. The standard InChI is InChI=1S/C17H18FN3O4S/c18-14-9-12(1-2-16(14)21-4-7-26(22)8-5-21)15-10-13(25-19-15)11-23-17-3-6-24-20-17/h1-3,6,9-10,13,19H,4-5,7-8,11H2. The molecule has 1 aromatic heterocycles. The van der Waals surface area contributed by atoms with Crippen LogP contribution >= 0.6 is 0 Å². The first kappa shape index (κ1) is 17.0. The fourth-order valence-electron chi connectivity index (χ4n) is 2.88. The molecule has 3 heterocycles. The smallest absolute Gasteiger partial charge is 0.254 e. The summed E-state index contributed by atoms with van der Waals surface area (Å²) in [5.41, 5.74) is 4.71. The van der Waals surface area contributed by atoms with Crippen LogP contribution in [0.25, 0.3) is 5.70 Å². The molecule has 1 atom stereocenters. The molecule has 0 amide bonds. The van der Waals surface area contributed by atoms with E-state index in [9.17, 15) is 8.60 Å². The van der Waals surface area contributed by atoms with E-state index in [-0.39, 0.29) is 18.5 Å². The van der Waals surface area contributed by atoms with Gasteiger partial charge in [-0.2, -0.15) is 0 Å². The van der Waals surface area contributed by atoms with Crippen molar-refractivity contribution in [2.45, 2.75) is 6.10 Å². The van der Waals surface area contributed by atoms with Gasteiger partial charge in [0.15, 0.2) is 0 Å². The van der Waals surface area contributed by atoms with Gasteiger partial charge in [0, 0.05) is 47.0 Å². The van der Waals surface area contributed by atoms with Crippen LogP contribution in [-0.2, 0) is 15.6 Å². The molecule has 0 saturated carbocycles. The minimum Gasteiger partial charge on any atom is -0.472 e. The molecular weight excluding hydrogens is 361 g/mol. The highest BCUT2D eigenvalue weighted by Crippen LogP contribution is 2.26. The number of nitrogens with zero attached hydrogens (tertiary/aromatic N) is 2. The second-order valence-corrected chi connectivity index (χ2v) is 7.68. The van der Waals surface area contributed by atoms with Crippen molar-refractivity contribution in [1.29, 1.82) is 0 Å². The average molecular weight is 379 g/mol. The second-order valence-electron chi connectivity index (χ2n) is 5.99. The summed E-state index contributed by atoms with van der Waals surface area (Å²) in [6.45, 7) is 1.47. The third-order valence-corrected chi connectivity index (χ3v) is 5.54. The highest BCUT2D eigenvalue weighted by molar-refractivity contribution is 7.85. The summed E-state index contributed by atoms with van der Waals surface area (Å²) in [4.78, 5) is 7.36. The Kier molecular flexibility index (Phi) is 4.89. The quantitative estimate of drug-likeness (QED) is 0.847. The van der Waals surface area contributed by atoms with Crippen LogP contribution in [0.1, 0.15) is 5.56 Å². The van der Waals surface area contributed by atoms with Gasteiger partial charge in [-0.1, -0.05) is 6.07 Å². The molecular formula is C17H18FN3O4S. The minimum absolute atomic E-state index is 0.258. The third kappa shape index (κ3) is 3.73. The van der Waals surface area contributed by atoms with Crippen LogP contribution in [0, 0.1) is 5.82 Å². The monoisotopic (exact) mass is 379 g/mol. The Morgan fingerprint density at radius 1 is 1.35 bits per heavy atom. The predicted molar refractivity (Wildman–Crippen MR) is 94.5 cm³/mol. The maximum Gasteiger partial charge on any atom is 0.254 e. The molecule has 1 saturated heterocycles. The fraction of sp³-hybridized carbons (Fsp3) is 0.353. The van der Waals surface area contributed by atoms with Crippen LogP contribution in [-0.4, -0.2) is 46.7 Å². The zero-order chi connectivity index (χ0) is 17.9. The first-order valence-electron chi connectivity index (χ1n) is 8.25. The van der Waals surface area contributed by atoms with Crippen molar-refractivity contribution in [1.82, 2.24) is 10.6 Å². The number of halogens is 1. The number of nitrogens with one attached hydrogen (secondary N) is 1. The van der Waals surface area contributed by atoms with Crippen molar-refractivity contribution in [3.8, 4) is 5.88 Å². The number of aromatic nitrogens is 1. The van der Waals surface area contributed by atoms with Crippen LogP contribution in [0.2, 0.25) is 0 Å². The Balaban J connectivity index is 1.42. The average Bonchev–Trinajstić information content (AvgIpc) is 3.33. The van der Waals surface area contributed by atoms with Crippen molar-refractivity contribution < 1.29 is 22.7 Å². The SMILES string of the molecule is O=S1CCN(c2ccc(C3=CC(COc4ccon4)ON3)cc2F)CC1. The lowest BCUT2D eigenvalue weighted by molar-refractivity contribution is 0.0219. The Morgan fingerprint density at radius 3 is 2.92 bits per heavy atom. The summed E-state index contributed by atoms with van der Waals surface area (Å²) >= 11 is 0. The number of anilines is 1. The van der Waals surface area contributed by atoms with Gasteiger partial charge >= 0.3 is 0 Å². The molecule has 4 rings (SSSR count). The van der Waals surface area contributed by atoms with Gasteiger partial charge in [0.1, 0.15) is 24.8 Å². The summed E-state index contributed by atoms with van der Waals surface area (Å²) < 4.78 is 36.1. The molecule has 0 bridgehead atoms. The Labute approximate surface area is 152 Å². The highest BCUT2D eigenvalue weighted by Gasteiger charge is 2.22. The predicted octanol–water partition coefficient (Wildman–Crippen LogP) is 1.71. The van der Waals surface area contributed by atoms with Crippen LogP contribution in [0.4, 0.5) is 10.1 Å². The molecule has 2 aliphatic rings. The first-order valence-corrected chi connectivity index (χ1v) is 9.74. The van der Waals surface area contributed by atoms with E-state index < -0.39 is 10.8 Å². The van der Waals surface area contributed by atoms with Gasteiger partial charge in [0.2, 0.25) is 0 Å². The highest BCUT2D eigenvalue weighted by atomic mass is 32.2. The van der Waals surface area contributed by atoms with Crippen molar-refractivity contribution in [3.63, 3.8) is 0 Å². The lowest BCUT2D eigenvalue weighted by atomic mass is 10.1. The minimum atomic E-state index is -0.787. The summed E-state index contributed by atoms with van der Waals surface area (Å²) in [5.74, 6) is 1.23.